The monoisotopic (exact) mass is 365 g/mol. The molecule has 0 saturated carbocycles. The second-order valence-electron chi connectivity index (χ2n) is 5.12. The van der Waals surface area contributed by atoms with Crippen LogP contribution in [0.4, 0.5) is 16.0 Å². The molecule has 6 nitrogen and oxygen atoms in total. The molecule has 9 heteroatoms. The smallest absolute Gasteiger partial charge is 0.234 e. The van der Waals surface area contributed by atoms with E-state index in [-0.39, 0.29) is 34.5 Å². The Morgan fingerprint density at radius 1 is 1.33 bits per heavy atom. The van der Waals surface area contributed by atoms with Gasteiger partial charge in [0.1, 0.15) is 22.8 Å². The van der Waals surface area contributed by atoms with Crippen LogP contribution in [0.25, 0.3) is 0 Å². The number of nitrogens with zero attached hydrogens (tertiary/aromatic N) is 3. The van der Waals surface area contributed by atoms with E-state index >= 15 is 0 Å². The van der Waals surface area contributed by atoms with E-state index in [1.54, 1.807) is 34.9 Å². The van der Waals surface area contributed by atoms with E-state index in [0.717, 1.165) is 5.75 Å². The summed E-state index contributed by atoms with van der Waals surface area (Å²) in [5.41, 5.74) is 11.8. The lowest BCUT2D eigenvalue weighted by Gasteiger charge is -2.24. The topological polar surface area (TPSA) is 98.1 Å². The maximum absolute atomic E-state index is 14.0. The van der Waals surface area contributed by atoms with Gasteiger partial charge >= 0.3 is 0 Å². The first-order valence-corrected chi connectivity index (χ1v) is 9.26. The van der Waals surface area contributed by atoms with Crippen LogP contribution in [0.5, 0.6) is 0 Å². The molecule has 1 aromatic heterocycles. The first-order valence-electron chi connectivity index (χ1n) is 7.23. The highest BCUT2D eigenvalue weighted by atomic mass is 32.2. The fourth-order valence-electron chi connectivity index (χ4n) is 2.39. The normalized spacial score (nSPS) is 17.2. The Kier molecular flexibility index (Phi) is 5.10. The van der Waals surface area contributed by atoms with Crippen LogP contribution in [0, 0.1) is 5.82 Å². The number of carbonyl (C=O) groups is 1. The van der Waals surface area contributed by atoms with Crippen molar-refractivity contribution >= 4 is 41.1 Å². The maximum Gasteiger partial charge on any atom is 0.234 e. The van der Waals surface area contributed by atoms with Crippen LogP contribution in [-0.2, 0) is 4.79 Å². The minimum atomic E-state index is -0.300. The number of aromatic nitrogens is 2. The molecule has 3 rings (SSSR count). The third-order valence-corrected chi connectivity index (χ3v) is 5.53. The highest BCUT2D eigenvalue weighted by molar-refractivity contribution is 8.00. The zero-order valence-corrected chi connectivity index (χ0v) is 14.3. The van der Waals surface area contributed by atoms with E-state index in [2.05, 4.69) is 9.97 Å². The fourth-order valence-corrected chi connectivity index (χ4v) is 4.45. The number of benzene rings is 1. The molecular formula is C15H16FN5OS2. The average molecular weight is 365 g/mol. The van der Waals surface area contributed by atoms with Crippen molar-refractivity contribution in [3.05, 3.63) is 41.7 Å². The van der Waals surface area contributed by atoms with Crippen molar-refractivity contribution in [2.24, 2.45) is 0 Å². The lowest BCUT2D eigenvalue weighted by atomic mass is 10.2. The van der Waals surface area contributed by atoms with Gasteiger partial charge in [0.15, 0.2) is 5.16 Å². The SMILES string of the molecule is Nc1cc(N)nc(SCC(=O)N2CCSC2c2ccccc2F)n1. The molecule has 1 aliphatic rings. The molecule has 1 saturated heterocycles. The number of halogens is 1. The van der Waals surface area contributed by atoms with Crippen LogP contribution in [0.1, 0.15) is 10.9 Å². The maximum atomic E-state index is 14.0. The van der Waals surface area contributed by atoms with Gasteiger partial charge in [-0.25, -0.2) is 14.4 Å². The van der Waals surface area contributed by atoms with E-state index in [9.17, 15) is 9.18 Å². The third-order valence-electron chi connectivity index (χ3n) is 3.45. The first kappa shape index (κ1) is 16.8. The number of carbonyl (C=O) groups excluding carboxylic acids is 1. The van der Waals surface area contributed by atoms with Gasteiger partial charge in [-0.05, 0) is 6.07 Å². The Hall–Kier alpha value is -2.00. The largest absolute Gasteiger partial charge is 0.383 e. The second kappa shape index (κ2) is 7.27. The number of amides is 1. The summed E-state index contributed by atoms with van der Waals surface area (Å²) in [4.78, 5) is 22.3. The molecule has 1 aromatic carbocycles. The van der Waals surface area contributed by atoms with Crippen LogP contribution in [-0.4, -0.2) is 38.8 Å². The van der Waals surface area contributed by atoms with Gasteiger partial charge in [0.2, 0.25) is 5.91 Å². The average Bonchev–Trinajstić information content (AvgIpc) is 3.01. The van der Waals surface area contributed by atoms with Crippen molar-refractivity contribution in [3.8, 4) is 0 Å². The number of nitrogen functional groups attached to an aromatic ring is 2. The number of hydrogen-bond acceptors (Lipinski definition) is 7. The van der Waals surface area contributed by atoms with Crippen LogP contribution >= 0.6 is 23.5 Å². The molecule has 0 radical (unpaired) electrons. The lowest BCUT2D eigenvalue weighted by molar-refractivity contribution is -0.128. The Balaban J connectivity index is 1.69. The summed E-state index contributed by atoms with van der Waals surface area (Å²) in [5.74, 6) is 1.06. The number of nitrogens with two attached hydrogens (primary N) is 2. The van der Waals surface area contributed by atoms with E-state index in [4.69, 9.17) is 11.5 Å². The molecule has 1 amide bonds. The van der Waals surface area contributed by atoms with Crippen LogP contribution < -0.4 is 11.5 Å². The molecule has 1 fully saturated rings. The van der Waals surface area contributed by atoms with Crippen molar-refractivity contribution in [1.82, 2.24) is 14.9 Å². The summed E-state index contributed by atoms with van der Waals surface area (Å²) in [5, 5.41) is 0.0567. The van der Waals surface area contributed by atoms with Crippen molar-refractivity contribution < 1.29 is 9.18 Å². The Morgan fingerprint density at radius 3 is 2.75 bits per heavy atom. The standard InChI is InChI=1S/C15H16FN5OS2/c16-10-4-2-1-3-9(10)14-21(5-6-23-14)13(22)8-24-15-19-11(17)7-12(18)20-15/h1-4,7,14H,5-6,8H2,(H4,17,18,19,20). The Morgan fingerprint density at radius 2 is 2.04 bits per heavy atom. The molecule has 2 heterocycles. The highest BCUT2D eigenvalue weighted by Crippen LogP contribution is 2.39. The predicted octanol–water partition coefficient (Wildman–Crippen LogP) is 2.15. The first-order chi connectivity index (χ1) is 11.5. The molecule has 0 spiro atoms. The van der Waals surface area contributed by atoms with Gasteiger partial charge in [-0.15, -0.1) is 11.8 Å². The summed E-state index contributed by atoms with van der Waals surface area (Å²) in [7, 11) is 0. The minimum Gasteiger partial charge on any atom is -0.383 e. The summed E-state index contributed by atoms with van der Waals surface area (Å²) in [6.45, 7) is 0.586. The van der Waals surface area contributed by atoms with Crippen LogP contribution in [0.2, 0.25) is 0 Å². The predicted molar refractivity (Wildman–Crippen MR) is 94.9 cm³/mol. The van der Waals surface area contributed by atoms with Crippen LogP contribution in [0.3, 0.4) is 0 Å². The Bertz CT molecular complexity index is 740. The van der Waals surface area contributed by atoms with Gasteiger partial charge in [0.25, 0.3) is 0 Å². The molecule has 126 valence electrons. The van der Waals surface area contributed by atoms with Crippen LogP contribution in [0.15, 0.2) is 35.5 Å². The van der Waals surface area contributed by atoms with Gasteiger partial charge in [0.05, 0.1) is 5.75 Å². The summed E-state index contributed by atoms with van der Waals surface area (Å²) >= 11 is 2.73. The number of anilines is 2. The lowest BCUT2D eigenvalue weighted by Crippen LogP contribution is -2.32. The zero-order valence-electron chi connectivity index (χ0n) is 12.7. The molecule has 2 aromatic rings. The Labute approximate surface area is 147 Å². The van der Waals surface area contributed by atoms with E-state index < -0.39 is 0 Å². The molecule has 1 unspecified atom stereocenters. The molecule has 1 aliphatic heterocycles. The van der Waals surface area contributed by atoms with E-state index in [1.165, 1.54) is 23.9 Å². The van der Waals surface area contributed by atoms with Gasteiger partial charge in [-0.1, -0.05) is 30.0 Å². The fraction of sp³-hybridized carbons (Fsp3) is 0.267. The zero-order chi connectivity index (χ0) is 17.1. The summed E-state index contributed by atoms with van der Waals surface area (Å²) in [6, 6.07) is 8.00. The van der Waals surface area contributed by atoms with Crippen molar-refractivity contribution in [1.29, 1.82) is 0 Å². The molecule has 4 N–H and O–H groups in total. The van der Waals surface area contributed by atoms with Crippen molar-refractivity contribution in [2.45, 2.75) is 10.5 Å². The molecule has 24 heavy (non-hydrogen) atoms. The van der Waals surface area contributed by atoms with Crippen molar-refractivity contribution in [3.63, 3.8) is 0 Å². The molecule has 0 aliphatic carbocycles. The molecule has 0 bridgehead atoms. The van der Waals surface area contributed by atoms with Gasteiger partial charge in [-0.3, -0.25) is 4.79 Å². The van der Waals surface area contributed by atoms with Crippen molar-refractivity contribution in [2.75, 3.05) is 29.5 Å². The van der Waals surface area contributed by atoms with Gasteiger partial charge in [0, 0.05) is 23.9 Å². The molecule has 1 atom stereocenters. The third kappa shape index (κ3) is 3.73. The highest BCUT2D eigenvalue weighted by Gasteiger charge is 2.32. The van der Waals surface area contributed by atoms with E-state index in [1.807, 2.05) is 0 Å². The minimum absolute atomic E-state index is 0.0946. The number of thioether (sulfide) groups is 2. The molecular weight excluding hydrogens is 349 g/mol. The number of rotatable bonds is 4. The second-order valence-corrected chi connectivity index (χ2v) is 7.25. The summed E-state index contributed by atoms with van der Waals surface area (Å²) in [6.07, 6.45) is 0. The number of hydrogen-bond donors (Lipinski definition) is 2. The van der Waals surface area contributed by atoms with Gasteiger partial charge < -0.3 is 16.4 Å². The summed E-state index contributed by atoms with van der Waals surface area (Å²) < 4.78 is 14.0. The quantitative estimate of drug-likeness (QED) is 0.633. The van der Waals surface area contributed by atoms with Gasteiger partial charge in [-0.2, -0.15) is 0 Å². The van der Waals surface area contributed by atoms with E-state index in [0.29, 0.717) is 17.3 Å².